The topological polar surface area (TPSA) is 93.2 Å². The Morgan fingerprint density at radius 2 is 2.25 bits per heavy atom. The van der Waals surface area contributed by atoms with Crippen molar-refractivity contribution >= 4 is 9.84 Å². The van der Waals surface area contributed by atoms with Gasteiger partial charge in [0.2, 0.25) is 0 Å². The van der Waals surface area contributed by atoms with E-state index >= 15 is 0 Å². The van der Waals surface area contributed by atoms with E-state index < -0.39 is 15.9 Å². The molecule has 1 atom stereocenters. The van der Waals surface area contributed by atoms with E-state index in [1.807, 2.05) is 6.07 Å². The highest BCUT2D eigenvalue weighted by Gasteiger charge is 2.08. The van der Waals surface area contributed by atoms with Crippen molar-refractivity contribution < 1.29 is 13.2 Å². The molecule has 0 heterocycles. The maximum absolute atomic E-state index is 11.2. The third-order valence-electron chi connectivity index (χ3n) is 1.83. The maximum atomic E-state index is 11.2. The Bertz CT molecular complexity index is 505. The molecule has 0 saturated heterocycles. The predicted molar refractivity (Wildman–Crippen MR) is 58.6 cm³/mol. The summed E-state index contributed by atoms with van der Waals surface area (Å²) in [6.45, 7) is 0.0315. The van der Waals surface area contributed by atoms with Crippen LogP contribution in [0.25, 0.3) is 0 Å². The molecule has 1 rings (SSSR count). The summed E-state index contributed by atoms with van der Waals surface area (Å²) in [6.07, 6.45) is 1.12. The number of sulfone groups is 1. The highest BCUT2D eigenvalue weighted by Crippen LogP contribution is 2.17. The van der Waals surface area contributed by atoms with Gasteiger partial charge in [-0.25, -0.2) is 8.42 Å². The quantitative estimate of drug-likeness (QED) is 0.818. The summed E-state index contributed by atoms with van der Waals surface area (Å²) in [4.78, 5) is 0.176. The first kappa shape index (κ1) is 12.5. The van der Waals surface area contributed by atoms with Crippen molar-refractivity contribution in [3.8, 4) is 11.8 Å². The van der Waals surface area contributed by atoms with Crippen LogP contribution in [-0.2, 0) is 9.84 Å². The average Bonchev–Trinajstić information content (AvgIpc) is 2.25. The number of ether oxygens (including phenoxy) is 1. The molecule has 0 aliphatic rings. The Kier molecular flexibility index (Phi) is 3.88. The zero-order chi connectivity index (χ0) is 12.2. The van der Waals surface area contributed by atoms with Gasteiger partial charge >= 0.3 is 0 Å². The molecular formula is C10H12N2O3S. The molecule has 1 aromatic carbocycles. The molecule has 0 saturated carbocycles. The third-order valence-corrected chi connectivity index (χ3v) is 2.94. The molecule has 1 unspecified atom stereocenters. The minimum atomic E-state index is -3.25. The summed E-state index contributed by atoms with van der Waals surface area (Å²) in [5.74, 6) is 0.383. The first-order valence-corrected chi connectivity index (χ1v) is 6.41. The average molecular weight is 240 g/mol. The molecule has 16 heavy (non-hydrogen) atoms. The number of rotatable bonds is 4. The Morgan fingerprint density at radius 3 is 2.81 bits per heavy atom. The van der Waals surface area contributed by atoms with Gasteiger partial charge in [-0.2, -0.15) is 5.26 Å². The molecule has 0 bridgehead atoms. The standard InChI is InChI=1S/C10H12N2O3S/c1-16(13,14)10-4-2-3-9(5-10)15-7-8(12)6-11/h2-5,8H,7,12H2,1H3. The number of nitrogens with two attached hydrogens (primary N) is 1. The molecule has 5 nitrogen and oxygen atoms in total. The van der Waals surface area contributed by atoms with E-state index in [0.29, 0.717) is 5.75 Å². The summed E-state index contributed by atoms with van der Waals surface area (Å²) in [7, 11) is -3.25. The smallest absolute Gasteiger partial charge is 0.175 e. The van der Waals surface area contributed by atoms with Crippen molar-refractivity contribution in [1.82, 2.24) is 0 Å². The molecule has 0 aliphatic heterocycles. The van der Waals surface area contributed by atoms with Crippen molar-refractivity contribution in [2.45, 2.75) is 10.9 Å². The number of nitriles is 1. The lowest BCUT2D eigenvalue weighted by Crippen LogP contribution is -2.25. The van der Waals surface area contributed by atoms with Gasteiger partial charge < -0.3 is 10.5 Å². The highest BCUT2D eigenvalue weighted by atomic mass is 32.2. The summed E-state index contributed by atoms with van der Waals surface area (Å²) < 4.78 is 27.7. The maximum Gasteiger partial charge on any atom is 0.175 e. The fourth-order valence-corrected chi connectivity index (χ4v) is 1.67. The van der Waals surface area contributed by atoms with Crippen LogP contribution >= 0.6 is 0 Å². The van der Waals surface area contributed by atoms with Gasteiger partial charge in [-0.1, -0.05) is 6.07 Å². The summed E-state index contributed by atoms with van der Waals surface area (Å²) >= 11 is 0. The molecule has 0 aliphatic carbocycles. The van der Waals surface area contributed by atoms with Crippen LogP contribution < -0.4 is 10.5 Å². The molecule has 6 heteroatoms. The highest BCUT2D eigenvalue weighted by molar-refractivity contribution is 7.90. The van der Waals surface area contributed by atoms with Gasteiger partial charge in [0.1, 0.15) is 18.4 Å². The van der Waals surface area contributed by atoms with Crippen LogP contribution in [0.5, 0.6) is 5.75 Å². The Hall–Kier alpha value is -1.58. The van der Waals surface area contributed by atoms with Crippen molar-refractivity contribution in [2.75, 3.05) is 12.9 Å². The minimum absolute atomic E-state index is 0.0315. The summed E-state index contributed by atoms with van der Waals surface area (Å²) in [5.41, 5.74) is 5.34. The molecule has 86 valence electrons. The Labute approximate surface area is 94.4 Å². The second-order valence-corrected chi connectivity index (χ2v) is 5.31. The summed E-state index contributed by atoms with van der Waals surface area (Å²) in [5, 5.41) is 8.45. The fraction of sp³-hybridized carbons (Fsp3) is 0.300. The second-order valence-electron chi connectivity index (χ2n) is 3.29. The molecule has 2 N–H and O–H groups in total. The minimum Gasteiger partial charge on any atom is -0.491 e. The predicted octanol–water partition coefficient (Wildman–Crippen LogP) is 0.320. The number of nitrogens with zero attached hydrogens (tertiary/aromatic N) is 1. The third kappa shape index (κ3) is 3.53. The lowest BCUT2D eigenvalue weighted by Gasteiger charge is -2.08. The monoisotopic (exact) mass is 240 g/mol. The molecule has 0 amide bonds. The van der Waals surface area contributed by atoms with Gasteiger partial charge in [0.25, 0.3) is 0 Å². The first-order chi connectivity index (χ1) is 7.43. The Balaban J connectivity index is 2.81. The van der Waals surface area contributed by atoms with Crippen LogP contribution in [0.4, 0.5) is 0 Å². The SMILES string of the molecule is CS(=O)(=O)c1cccc(OCC(N)C#N)c1. The van der Waals surface area contributed by atoms with Gasteiger partial charge in [0.05, 0.1) is 11.0 Å². The van der Waals surface area contributed by atoms with E-state index in [4.69, 9.17) is 15.7 Å². The van der Waals surface area contributed by atoms with Crippen molar-refractivity contribution in [1.29, 1.82) is 5.26 Å². The molecule has 0 spiro atoms. The molecule has 0 fully saturated rings. The Morgan fingerprint density at radius 1 is 1.56 bits per heavy atom. The van der Waals surface area contributed by atoms with Crippen LogP contribution in [0.1, 0.15) is 0 Å². The zero-order valence-electron chi connectivity index (χ0n) is 8.75. The van der Waals surface area contributed by atoms with E-state index in [1.54, 1.807) is 12.1 Å². The van der Waals surface area contributed by atoms with Gasteiger partial charge in [-0.3, -0.25) is 0 Å². The van der Waals surface area contributed by atoms with Crippen LogP contribution in [0.2, 0.25) is 0 Å². The van der Waals surface area contributed by atoms with E-state index in [-0.39, 0.29) is 11.5 Å². The van der Waals surface area contributed by atoms with E-state index in [1.165, 1.54) is 12.1 Å². The number of benzene rings is 1. The van der Waals surface area contributed by atoms with Gasteiger partial charge in [-0.05, 0) is 18.2 Å². The number of hydrogen-bond donors (Lipinski definition) is 1. The second kappa shape index (κ2) is 4.96. The zero-order valence-corrected chi connectivity index (χ0v) is 9.57. The largest absolute Gasteiger partial charge is 0.491 e. The van der Waals surface area contributed by atoms with Gasteiger partial charge in [-0.15, -0.1) is 0 Å². The van der Waals surface area contributed by atoms with Crippen molar-refractivity contribution in [3.63, 3.8) is 0 Å². The van der Waals surface area contributed by atoms with E-state index in [2.05, 4.69) is 0 Å². The van der Waals surface area contributed by atoms with Crippen LogP contribution in [0.3, 0.4) is 0 Å². The molecule has 1 aromatic rings. The first-order valence-electron chi connectivity index (χ1n) is 4.51. The fourth-order valence-electron chi connectivity index (χ4n) is 1.02. The van der Waals surface area contributed by atoms with E-state index in [0.717, 1.165) is 6.26 Å². The molecular weight excluding hydrogens is 228 g/mol. The van der Waals surface area contributed by atoms with Gasteiger partial charge in [0, 0.05) is 6.26 Å². The summed E-state index contributed by atoms with van der Waals surface area (Å²) in [6, 6.07) is 7.16. The van der Waals surface area contributed by atoms with Crippen LogP contribution in [0, 0.1) is 11.3 Å². The van der Waals surface area contributed by atoms with Crippen molar-refractivity contribution in [3.05, 3.63) is 24.3 Å². The molecule has 0 radical (unpaired) electrons. The number of hydrogen-bond acceptors (Lipinski definition) is 5. The van der Waals surface area contributed by atoms with Crippen LogP contribution in [-0.4, -0.2) is 27.3 Å². The van der Waals surface area contributed by atoms with Crippen LogP contribution in [0.15, 0.2) is 29.2 Å². The lowest BCUT2D eigenvalue weighted by molar-refractivity contribution is 0.308. The lowest BCUT2D eigenvalue weighted by atomic mass is 10.3. The normalized spacial score (nSPS) is 12.8. The van der Waals surface area contributed by atoms with Crippen molar-refractivity contribution in [2.24, 2.45) is 5.73 Å². The van der Waals surface area contributed by atoms with E-state index in [9.17, 15) is 8.42 Å². The van der Waals surface area contributed by atoms with Gasteiger partial charge in [0.15, 0.2) is 9.84 Å². The molecule has 0 aromatic heterocycles.